The van der Waals surface area contributed by atoms with Crippen LogP contribution in [0.2, 0.25) is 0 Å². The van der Waals surface area contributed by atoms with E-state index in [1.165, 1.54) is 7.11 Å². The van der Waals surface area contributed by atoms with Crippen molar-refractivity contribution in [3.05, 3.63) is 73.7 Å². The number of benzene rings is 2. The van der Waals surface area contributed by atoms with Gasteiger partial charge in [-0.25, -0.2) is 4.79 Å². The zero-order valence-electron chi connectivity index (χ0n) is 19.0. The third-order valence-corrected chi connectivity index (χ3v) is 6.94. The van der Waals surface area contributed by atoms with E-state index in [1.54, 1.807) is 24.3 Å². The molecule has 1 aliphatic rings. The molecule has 0 fully saturated rings. The molecule has 34 heavy (non-hydrogen) atoms. The van der Waals surface area contributed by atoms with Crippen LogP contribution in [0.5, 0.6) is 0 Å². The lowest BCUT2D eigenvalue weighted by molar-refractivity contribution is -0.121. The number of hydrogen-bond donors (Lipinski definition) is 2. The first-order chi connectivity index (χ1) is 16.3. The molecule has 0 aromatic heterocycles. The van der Waals surface area contributed by atoms with Crippen molar-refractivity contribution in [2.75, 3.05) is 18.2 Å². The van der Waals surface area contributed by atoms with E-state index >= 15 is 0 Å². The average Bonchev–Trinajstić information content (AvgIpc) is 2.83. The SMILES string of the molecule is CCc1cc(Br)cc(C)c1NC(=O)CSC1=C(C#N)[C@@H](c2ccc(C(=O)OC)cc2)CC(=O)N1. The van der Waals surface area contributed by atoms with Gasteiger partial charge in [-0.05, 0) is 54.3 Å². The molecule has 2 amide bonds. The smallest absolute Gasteiger partial charge is 0.337 e. The van der Waals surface area contributed by atoms with Crippen molar-refractivity contribution in [1.29, 1.82) is 5.26 Å². The molecule has 0 spiro atoms. The predicted octanol–water partition coefficient (Wildman–Crippen LogP) is 4.82. The Bertz CT molecular complexity index is 1200. The second kappa shape index (κ2) is 11.4. The molecule has 1 aliphatic heterocycles. The summed E-state index contributed by atoms with van der Waals surface area (Å²) in [6.45, 7) is 3.95. The van der Waals surface area contributed by atoms with Gasteiger partial charge in [0.05, 0.1) is 35.1 Å². The summed E-state index contributed by atoms with van der Waals surface area (Å²) in [7, 11) is 1.30. The lowest BCUT2D eigenvalue weighted by Crippen LogP contribution is -2.31. The Labute approximate surface area is 211 Å². The topological polar surface area (TPSA) is 108 Å². The van der Waals surface area contributed by atoms with Crippen LogP contribution in [0, 0.1) is 18.3 Å². The number of allylic oxidation sites excluding steroid dienone is 1. The fraction of sp³-hybridized carbons (Fsp3) is 0.280. The van der Waals surface area contributed by atoms with Crippen LogP contribution >= 0.6 is 27.7 Å². The van der Waals surface area contributed by atoms with Crippen molar-refractivity contribution < 1.29 is 19.1 Å². The molecule has 0 radical (unpaired) electrons. The lowest BCUT2D eigenvalue weighted by Gasteiger charge is -2.25. The number of esters is 1. The molecule has 7 nitrogen and oxygen atoms in total. The highest BCUT2D eigenvalue weighted by Crippen LogP contribution is 2.36. The maximum absolute atomic E-state index is 12.7. The number of nitrogens with one attached hydrogen (secondary N) is 2. The van der Waals surface area contributed by atoms with Crippen LogP contribution in [0.3, 0.4) is 0 Å². The number of methoxy groups -OCH3 is 1. The van der Waals surface area contributed by atoms with Crippen molar-refractivity contribution in [3.8, 4) is 6.07 Å². The van der Waals surface area contributed by atoms with Gasteiger partial charge in [-0.15, -0.1) is 0 Å². The molecule has 0 saturated carbocycles. The Hall–Kier alpha value is -3.09. The van der Waals surface area contributed by atoms with Crippen LogP contribution < -0.4 is 10.6 Å². The van der Waals surface area contributed by atoms with Crippen LogP contribution in [0.4, 0.5) is 5.69 Å². The monoisotopic (exact) mass is 541 g/mol. The molecule has 3 rings (SSSR count). The Morgan fingerprint density at radius 1 is 1.29 bits per heavy atom. The first-order valence-electron chi connectivity index (χ1n) is 10.6. The molecule has 0 aliphatic carbocycles. The van der Waals surface area contributed by atoms with Gasteiger partial charge < -0.3 is 15.4 Å². The molecule has 9 heteroatoms. The van der Waals surface area contributed by atoms with Gasteiger partial charge in [0.15, 0.2) is 0 Å². The van der Waals surface area contributed by atoms with Crippen LogP contribution in [0.25, 0.3) is 0 Å². The van der Waals surface area contributed by atoms with E-state index in [9.17, 15) is 19.6 Å². The summed E-state index contributed by atoms with van der Waals surface area (Å²) in [6, 6.07) is 12.7. The van der Waals surface area contributed by atoms with Gasteiger partial charge in [-0.1, -0.05) is 46.7 Å². The number of thioether (sulfide) groups is 1. The van der Waals surface area contributed by atoms with E-state index in [0.29, 0.717) is 16.2 Å². The van der Waals surface area contributed by atoms with Crippen LogP contribution in [0.15, 0.2) is 51.5 Å². The van der Waals surface area contributed by atoms with Gasteiger partial charge in [0.1, 0.15) is 0 Å². The van der Waals surface area contributed by atoms with Gasteiger partial charge in [0, 0.05) is 22.5 Å². The van der Waals surface area contributed by atoms with Crippen LogP contribution in [-0.4, -0.2) is 30.6 Å². The predicted molar refractivity (Wildman–Crippen MR) is 135 cm³/mol. The zero-order chi connectivity index (χ0) is 24.8. The fourth-order valence-electron chi connectivity index (χ4n) is 3.77. The first kappa shape index (κ1) is 25.5. The fourth-order valence-corrected chi connectivity index (χ4v) is 5.27. The number of carbonyl (C=O) groups excluding carboxylic acids is 3. The number of hydrogen-bond acceptors (Lipinski definition) is 6. The number of aryl methyl sites for hydroxylation is 2. The average molecular weight is 542 g/mol. The summed E-state index contributed by atoms with van der Waals surface area (Å²) in [6.07, 6.45) is 0.869. The van der Waals surface area contributed by atoms with Gasteiger partial charge in [-0.3, -0.25) is 9.59 Å². The van der Waals surface area contributed by atoms with Crippen LogP contribution in [0.1, 0.15) is 46.3 Å². The second-order valence-electron chi connectivity index (χ2n) is 7.72. The molecular weight excluding hydrogens is 518 g/mol. The number of nitrogens with zero attached hydrogens (tertiary/aromatic N) is 1. The molecular formula is C25H24BrN3O4S. The van der Waals surface area contributed by atoms with Gasteiger partial charge in [0.25, 0.3) is 0 Å². The summed E-state index contributed by atoms with van der Waals surface area (Å²) >= 11 is 4.60. The molecule has 2 N–H and O–H groups in total. The molecule has 2 aromatic carbocycles. The van der Waals surface area contributed by atoms with E-state index in [-0.39, 0.29) is 24.0 Å². The maximum Gasteiger partial charge on any atom is 0.337 e. The molecule has 176 valence electrons. The molecule has 0 bridgehead atoms. The minimum atomic E-state index is -0.462. The first-order valence-corrected chi connectivity index (χ1v) is 12.4. The number of carbonyl (C=O) groups is 3. The summed E-state index contributed by atoms with van der Waals surface area (Å²) in [5, 5.41) is 15.9. The van der Waals surface area contributed by atoms with Crippen molar-refractivity contribution in [2.45, 2.75) is 32.6 Å². The van der Waals surface area contributed by atoms with Crippen molar-refractivity contribution >= 4 is 51.2 Å². The van der Waals surface area contributed by atoms with E-state index in [2.05, 4.69) is 32.6 Å². The molecule has 2 aromatic rings. The standard InChI is InChI=1S/C25H24BrN3O4S/c1-4-15-10-18(26)9-14(2)23(15)28-22(31)13-34-24-20(12-27)19(11-21(30)29-24)16-5-7-17(8-6-16)25(32)33-3/h5-10,19H,4,11,13H2,1-3H3,(H,28,31)(H,29,30)/t19-/m1/s1. The van der Waals surface area contributed by atoms with E-state index in [0.717, 1.165) is 45.0 Å². The highest BCUT2D eigenvalue weighted by atomic mass is 79.9. The number of amides is 2. The van der Waals surface area contributed by atoms with Crippen molar-refractivity contribution in [1.82, 2.24) is 5.32 Å². The molecule has 1 atom stereocenters. The van der Waals surface area contributed by atoms with E-state index in [4.69, 9.17) is 4.74 Å². The molecule has 0 unspecified atom stereocenters. The largest absolute Gasteiger partial charge is 0.465 e. The highest BCUT2D eigenvalue weighted by Gasteiger charge is 2.30. The van der Waals surface area contributed by atoms with E-state index < -0.39 is 11.9 Å². The maximum atomic E-state index is 12.7. The molecule has 1 heterocycles. The summed E-state index contributed by atoms with van der Waals surface area (Å²) < 4.78 is 5.67. The minimum Gasteiger partial charge on any atom is -0.465 e. The Balaban J connectivity index is 1.78. The second-order valence-corrected chi connectivity index (χ2v) is 9.62. The van der Waals surface area contributed by atoms with Crippen LogP contribution in [-0.2, 0) is 20.7 Å². The summed E-state index contributed by atoms with van der Waals surface area (Å²) in [5.74, 6) is -1.35. The Morgan fingerprint density at radius 2 is 2.00 bits per heavy atom. The van der Waals surface area contributed by atoms with Gasteiger partial charge in [0.2, 0.25) is 11.8 Å². The summed E-state index contributed by atoms with van der Waals surface area (Å²) in [5.41, 5.74) is 4.25. The lowest BCUT2D eigenvalue weighted by atomic mass is 9.87. The quantitative estimate of drug-likeness (QED) is 0.486. The Morgan fingerprint density at radius 3 is 2.62 bits per heavy atom. The third kappa shape index (κ3) is 5.88. The molecule has 0 saturated heterocycles. The number of anilines is 1. The minimum absolute atomic E-state index is 0.0352. The highest BCUT2D eigenvalue weighted by molar-refractivity contribution is 9.10. The number of ether oxygens (including phenoxy) is 1. The number of nitriles is 1. The van der Waals surface area contributed by atoms with Gasteiger partial charge in [-0.2, -0.15) is 5.26 Å². The number of halogens is 1. The zero-order valence-corrected chi connectivity index (χ0v) is 21.4. The van der Waals surface area contributed by atoms with E-state index in [1.807, 2.05) is 26.0 Å². The van der Waals surface area contributed by atoms with Gasteiger partial charge >= 0.3 is 5.97 Å². The Kier molecular flexibility index (Phi) is 8.53. The van der Waals surface area contributed by atoms with Crippen molar-refractivity contribution in [3.63, 3.8) is 0 Å². The number of rotatable bonds is 7. The normalized spacial score (nSPS) is 15.4. The third-order valence-electron chi connectivity index (χ3n) is 5.47. The van der Waals surface area contributed by atoms with Crippen molar-refractivity contribution in [2.24, 2.45) is 0 Å². The summed E-state index contributed by atoms with van der Waals surface area (Å²) in [4.78, 5) is 36.8.